The van der Waals surface area contributed by atoms with Gasteiger partial charge in [0.25, 0.3) is 0 Å². The number of furan rings is 1. The monoisotopic (exact) mass is 286 g/mol. The number of pyridine rings is 1. The molecule has 0 amide bonds. The molecular formula is C16H22N4O. The van der Waals surface area contributed by atoms with Gasteiger partial charge in [-0.2, -0.15) is 0 Å². The summed E-state index contributed by atoms with van der Waals surface area (Å²) in [6.45, 7) is 5.81. The fraction of sp³-hybridized carbons (Fsp3) is 0.438. The summed E-state index contributed by atoms with van der Waals surface area (Å²) in [4.78, 5) is 9.32. The molecule has 21 heavy (non-hydrogen) atoms. The summed E-state index contributed by atoms with van der Waals surface area (Å²) in [5.74, 6) is 2.07. The van der Waals surface area contributed by atoms with Crippen molar-refractivity contribution in [1.82, 2.24) is 15.2 Å². The van der Waals surface area contributed by atoms with Crippen molar-refractivity contribution >= 4 is 5.82 Å². The molecule has 0 unspecified atom stereocenters. The van der Waals surface area contributed by atoms with Gasteiger partial charge in [0.15, 0.2) is 0 Å². The van der Waals surface area contributed by atoms with Gasteiger partial charge >= 0.3 is 0 Å². The minimum Gasteiger partial charge on any atom is -0.468 e. The molecule has 0 spiro atoms. The van der Waals surface area contributed by atoms with Gasteiger partial charge in [0.2, 0.25) is 0 Å². The second-order valence-electron chi connectivity index (χ2n) is 5.46. The highest BCUT2D eigenvalue weighted by Crippen LogP contribution is 2.18. The molecule has 3 rings (SSSR count). The number of rotatable bonds is 5. The number of nitrogens with zero attached hydrogens (tertiary/aromatic N) is 3. The van der Waals surface area contributed by atoms with Crippen LogP contribution in [-0.4, -0.2) is 43.1 Å². The van der Waals surface area contributed by atoms with Crippen LogP contribution in [0.2, 0.25) is 0 Å². The zero-order valence-corrected chi connectivity index (χ0v) is 12.5. The van der Waals surface area contributed by atoms with Crippen LogP contribution in [0.5, 0.6) is 0 Å². The van der Waals surface area contributed by atoms with E-state index in [1.807, 2.05) is 24.4 Å². The van der Waals surface area contributed by atoms with E-state index in [2.05, 4.69) is 33.2 Å². The first-order valence-corrected chi connectivity index (χ1v) is 7.43. The largest absolute Gasteiger partial charge is 0.468 e. The molecule has 5 heteroatoms. The summed E-state index contributed by atoms with van der Waals surface area (Å²) in [6.07, 6.45) is 3.58. The number of hydrogen-bond acceptors (Lipinski definition) is 5. The van der Waals surface area contributed by atoms with Crippen LogP contribution in [0, 0.1) is 0 Å². The number of nitrogens with one attached hydrogen (secondary N) is 1. The Bertz CT molecular complexity index is 547. The van der Waals surface area contributed by atoms with E-state index in [0.29, 0.717) is 0 Å². The van der Waals surface area contributed by atoms with E-state index >= 15 is 0 Å². The van der Waals surface area contributed by atoms with Crippen LogP contribution in [0.4, 0.5) is 5.82 Å². The average molecular weight is 286 g/mol. The smallest absolute Gasteiger partial charge is 0.133 e. The Morgan fingerprint density at radius 1 is 1.14 bits per heavy atom. The average Bonchev–Trinajstić information content (AvgIpc) is 3.02. The molecule has 5 nitrogen and oxygen atoms in total. The van der Waals surface area contributed by atoms with Crippen molar-refractivity contribution in [3.63, 3.8) is 0 Å². The molecule has 0 aliphatic carbocycles. The predicted molar refractivity (Wildman–Crippen MR) is 83.2 cm³/mol. The second-order valence-corrected chi connectivity index (χ2v) is 5.46. The molecule has 1 aliphatic rings. The number of aromatic nitrogens is 1. The molecule has 112 valence electrons. The van der Waals surface area contributed by atoms with Crippen LogP contribution < -0.4 is 10.2 Å². The fourth-order valence-electron chi connectivity index (χ4n) is 2.60. The zero-order chi connectivity index (χ0) is 14.5. The molecule has 1 N–H and O–H groups in total. The summed E-state index contributed by atoms with van der Waals surface area (Å²) in [7, 11) is 2.17. The number of piperazine rings is 1. The van der Waals surface area contributed by atoms with Crippen molar-refractivity contribution in [3.05, 3.63) is 48.0 Å². The summed E-state index contributed by atoms with van der Waals surface area (Å²) in [6, 6.07) is 8.05. The van der Waals surface area contributed by atoms with E-state index in [0.717, 1.165) is 50.8 Å². The molecule has 2 aromatic rings. The lowest BCUT2D eigenvalue weighted by Gasteiger charge is -2.34. The van der Waals surface area contributed by atoms with Crippen molar-refractivity contribution in [1.29, 1.82) is 0 Å². The Hall–Kier alpha value is -1.85. The van der Waals surface area contributed by atoms with Gasteiger partial charge in [-0.3, -0.25) is 0 Å². The van der Waals surface area contributed by atoms with Crippen molar-refractivity contribution in [2.45, 2.75) is 13.1 Å². The lowest BCUT2D eigenvalue weighted by Crippen LogP contribution is -2.45. The summed E-state index contributed by atoms with van der Waals surface area (Å²) >= 11 is 0. The van der Waals surface area contributed by atoms with Crippen LogP contribution in [-0.2, 0) is 13.1 Å². The molecule has 1 fully saturated rings. The Morgan fingerprint density at radius 2 is 2.00 bits per heavy atom. The molecule has 0 atom stereocenters. The van der Waals surface area contributed by atoms with Gasteiger partial charge in [0.1, 0.15) is 11.6 Å². The number of anilines is 1. The quantitative estimate of drug-likeness (QED) is 0.906. The van der Waals surface area contributed by atoms with E-state index in [1.54, 1.807) is 6.26 Å². The third-order valence-electron chi connectivity index (χ3n) is 3.87. The molecule has 2 aromatic heterocycles. The first-order valence-electron chi connectivity index (χ1n) is 7.43. The Kier molecular flexibility index (Phi) is 4.52. The van der Waals surface area contributed by atoms with Crippen LogP contribution in [0.15, 0.2) is 41.1 Å². The fourth-order valence-corrected chi connectivity index (χ4v) is 2.60. The van der Waals surface area contributed by atoms with Crippen molar-refractivity contribution in [3.8, 4) is 0 Å². The molecule has 0 saturated carbocycles. The third kappa shape index (κ3) is 3.62. The van der Waals surface area contributed by atoms with Gasteiger partial charge in [0.05, 0.1) is 12.8 Å². The minimum atomic E-state index is 0.740. The highest BCUT2D eigenvalue weighted by molar-refractivity contribution is 5.47. The molecule has 3 heterocycles. The van der Waals surface area contributed by atoms with Gasteiger partial charge in [-0.25, -0.2) is 4.98 Å². The van der Waals surface area contributed by atoms with Crippen molar-refractivity contribution in [2.24, 2.45) is 0 Å². The maximum Gasteiger partial charge on any atom is 0.133 e. The SMILES string of the molecule is CN1CCN(c2ncccc2CNCc2ccco2)CC1. The second kappa shape index (κ2) is 6.74. The Morgan fingerprint density at radius 3 is 2.76 bits per heavy atom. The van der Waals surface area contributed by atoms with Gasteiger partial charge < -0.3 is 19.5 Å². The highest BCUT2D eigenvalue weighted by atomic mass is 16.3. The summed E-state index contributed by atoms with van der Waals surface area (Å²) in [5, 5.41) is 3.42. The van der Waals surface area contributed by atoms with Crippen LogP contribution in [0.25, 0.3) is 0 Å². The van der Waals surface area contributed by atoms with Crippen LogP contribution in [0.1, 0.15) is 11.3 Å². The highest BCUT2D eigenvalue weighted by Gasteiger charge is 2.17. The lowest BCUT2D eigenvalue weighted by molar-refractivity contribution is 0.311. The van der Waals surface area contributed by atoms with Crippen LogP contribution in [0.3, 0.4) is 0 Å². The van der Waals surface area contributed by atoms with E-state index in [1.165, 1.54) is 5.56 Å². The van der Waals surface area contributed by atoms with E-state index in [4.69, 9.17) is 4.42 Å². The molecule has 0 bridgehead atoms. The zero-order valence-electron chi connectivity index (χ0n) is 12.5. The summed E-state index contributed by atoms with van der Waals surface area (Å²) in [5.41, 5.74) is 1.24. The Labute approximate surface area is 125 Å². The topological polar surface area (TPSA) is 44.5 Å². The van der Waals surface area contributed by atoms with E-state index in [-0.39, 0.29) is 0 Å². The first-order chi connectivity index (χ1) is 10.3. The van der Waals surface area contributed by atoms with E-state index < -0.39 is 0 Å². The lowest BCUT2D eigenvalue weighted by atomic mass is 10.2. The minimum absolute atomic E-state index is 0.740. The van der Waals surface area contributed by atoms with Gasteiger partial charge in [0, 0.05) is 44.5 Å². The molecule has 1 aliphatic heterocycles. The molecule has 0 radical (unpaired) electrons. The number of hydrogen-bond donors (Lipinski definition) is 1. The number of likely N-dealkylation sites (N-methyl/N-ethyl adjacent to an activating group) is 1. The van der Waals surface area contributed by atoms with Crippen molar-refractivity contribution < 1.29 is 4.42 Å². The van der Waals surface area contributed by atoms with Gasteiger partial charge in [-0.15, -0.1) is 0 Å². The molecule has 0 aromatic carbocycles. The maximum absolute atomic E-state index is 5.34. The van der Waals surface area contributed by atoms with Gasteiger partial charge in [-0.1, -0.05) is 6.07 Å². The summed E-state index contributed by atoms with van der Waals surface area (Å²) < 4.78 is 5.34. The maximum atomic E-state index is 5.34. The van der Waals surface area contributed by atoms with Crippen LogP contribution >= 0.6 is 0 Å². The molecule has 1 saturated heterocycles. The normalized spacial score (nSPS) is 16.3. The van der Waals surface area contributed by atoms with Gasteiger partial charge in [-0.05, 0) is 25.2 Å². The van der Waals surface area contributed by atoms with Crippen molar-refractivity contribution in [2.75, 3.05) is 38.1 Å². The predicted octanol–water partition coefficient (Wildman–Crippen LogP) is 1.72. The standard InChI is InChI=1S/C16H22N4O/c1-19-7-9-20(10-8-19)16-14(4-2-6-18-16)12-17-13-15-5-3-11-21-15/h2-6,11,17H,7-10,12-13H2,1H3. The molecular weight excluding hydrogens is 264 g/mol. The van der Waals surface area contributed by atoms with E-state index in [9.17, 15) is 0 Å². The third-order valence-corrected chi connectivity index (χ3v) is 3.87. The Balaban J connectivity index is 1.62. The first kappa shape index (κ1) is 14.1.